The van der Waals surface area contributed by atoms with Gasteiger partial charge >= 0.3 is 5.97 Å². The Morgan fingerprint density at radius 3 is 2.79 bits per heavy atom. The molecule has 1 fully saturated rings. The molecule has 1 saturated heterocycles. The van der Waals surface area contributed by atoms with Gasteiger partial charge in [-0.15, -0.1) is 0 Å². The molecule has 1 heterocycles. The van der Waals surface area contributed by atoms with Crippen LogP contribution >= 0.6 is 0 Å². The number of aliphatic carboxylic acids is 1. The Hall–Kier alpha value is -2.18. The number of rotatable bonds is 3. The van der Waals surface area contributed by atoms with Crippen molar-refractivity contribution in [3.8, 4) is 0 Å². The number of carbonyl (C=O) groups is 3. The lowest BCUT2D eigenvalue weighted by atomic mass is 9.84. The van der Waals surface area contributed by atoms with Crippen LogP contribution in [0.1, 0.15) is 6.92 Å². The number of carboxylic acid groups (broad SMARTS) is 1. The first-order valence-electron chi connectivity index (χ1n) is 5.77. The summed E-state index contributed by atoms with van der Waals surface area (Å²) in [6.45, 7) is 1.40. The van der Waals surface area contributed by atoms with E-state index in [1.54, 1.807) is 0 Å². The summed E-state index contributed by atoms with van der Waals surface area (Å²) in [6, 6.07) is 0. The molecule has 2 rings (SSSR count). The van der Waals surface area contributed by atoms with Gasteiger partial charge in [0.25, 0.3) is 0 Å². The highest BCUT2D eigenvalue weighted by Gasteiger charge is 2.46. The smallest absolute Gasteiger partial charge is 0.316 e. The standard InChI is InChI=1S/C12H13FN2O4/c1-5(16)15-6-2-7(9(13)3-6)8-4-14-11(17)10(8)12(18)19/h2-3,7-8,10H,4H2,1H3,(H,14,17)(H,15,16)(H,18,19)/t7?,8?,10-/m0/s1. The van der Waals surface area contributed by atoms with E-state index in [1.165, 1.54) is 13.0 Å². The summed E-state index contributed by atoms with van der Waals surface area (Å²) in [5, 5.41) is 13.9. The average molecular weight is 268 g/mol. The highest BCUT2D eigenvalue weighted by atomic mass is 19.1. The molecule has 3 atom stereocenters. The molecule has 3 N–H and O–H groups in total. The first kappa shape index (κ1) is 13.3. The molecule has 0 aromatic rings. The Kier molecular flexibility index (Phi) is 3.37. The van der Waals surface area contributed by atoms with Gasteiger partial charge < -0.3 is 15.7 Å². The molecule has 102 valence electrons. The van der Waals surface area contributed by atoms with Crippen LogP contribution in [0.2, 0.25) is 0 Å². The van der Waals surface area contributed by atoms with Gasteiger partial charge in [-0.3, -0.25) is 14.4 Å². The van der Waals surface area contributed by atoms with Gasteiger partial charge in [0, 0.05) is 31.0 Å². The fourth-order valence-electron chi connectivity index (χ4n) is 2.45. The quantitative estimate of drug-likeness (QED) is 0.625. The predicted octanol–water partition coefficient (Wildman–Crippen LogP) is -0.0636. The summed E-state index contributed by atoms with van der Waals surface area (Å²) in [4.78, 5) is 33.4. The molecule has 19 heavy (non-hydrogen) atoms. The third-order valence-electron chi connectivity index (χ3n) is 3.24. The number of carboxylic acids is 1. The highest BCUT2D eigenvalue weighted by molar-refractivity contribution is 5.99. The molecule has 6 nitrogen and oxygen atoms in total. The van der Waals surface area contributed by atoms with Crippen molar-refractivity contribution in [2.24, 2.45) is 17.8 Å². The minimum Gasteiger partial charge on any atom is -0.481 e. The van der Waals surface area contributed by atoms with Gasteiger partial charge in [0.1, 0.15) is 11.7 Å². The number of nitrogens with one attached hydrogen (secondary N) is 2. The summed E-state index contributed by atoms with van der Waals surface area (Å²) in [5.41, 5.74) is 0.290. The van der Waals surface area contributed by atoms with Gasteiger partial charge in [0.15, 0.2) is 0 Å². The Labute approximate surface area is 108 Å². The van der Waals surface area contributed by atoms with Gasteiger partial charge in [-0.1, -0.05) is 6.08 Å². The number of carbonyl (C=O) groups excluding carboxylic acids is 2. The van der Waals surface area contributed by atoms with Crippen molar-refractivity contribution >= 4 is 17.8 Å². The van der Waals surface area contributed by atoms with Gasteiger partial charge in [-0.25, -0.2) is 4.39 Å². The number of hydrogen-bond acceptors (Lipinski definition) is 3. The Balaban J connectivity index is 2.21. The molecule has 2 unspecified atom stereocenters. The number of amides is 2. The second-order valence-corrected chi connectivity index (χ2v) is 4.58. The minimum atomic E-state index is -1.27. The van der Waals surface area contributed by atoms with Crippen molar-refractivity contribution in [3.05, 3.63) is 23.7 Å². The molecule has 1 aliphatic heterocycles. The van der Waals surface area contributed by atoms with Crippen LogP contribution < -0.4 is 10.6 Å². The summed E-state index contributed by atoms with van der Waals surface area (Å²) < 4.78 is 13.8. The molecular formula is C12H13FN2O4. The maximum absolute atomic E-state index is 13.8. The molecule has 0 bridgehead atoms. The Morgan fingerprint density at radius 1 is 1.53 bits per heavy atom. The molecule has 2 aliphatic rings. The van der Waals surface area contributed by atoms with Crippen molar-refractivity contribution in [2.75, 3.05) is 6.54 Å². The van der Waals surface area contributed by atoms with Crippen molar-refractivity contribution < 1.29 is 23.9 Å². The summed E-state index contributed by atoms with van der Waals surface area (Å²) >= 11 is 0. The number of allylic oxidation sites excluding steroid dienone is 3. The van der Waals surface area contributed by atoms with E-state index in [4.69, 9.17) is 5.11 Å². The zero-order valence-corrected chi connectivity index (χ0v) is 10.1. The molecule has 2 amide bonds. The molecule has 0 radical (unpaired) electrons. The van der Waals surface area contributed by atoms with Crippen molar-refractivity contribution in [2.45, 2.75) is 6.92 Å². The molecule has 1 aliphatic carbocycles. The lowest BCUT2D eigenvalue weighted by Crippen LogP contribution is -2.30. The zero-order valence-electron chi connectivity index (χ0n) is 10.1. The molecule has 0 spiro atoms. The van der Waals surface area contributed by atoms with Crippen LogP contribution in [-0.2, 0) is 14.4 Å². The molecule has 0 aromatic heterocycles. The fourth-order valence-corrected chi connectivity index (χ4v) is 2.45. The van der Waals surface area contributed by atoms with Gasteiger partial charge in [0.05, 0.1) is 0 Å². The van der Waals surface area contributed by atoms with Crippen LogP contribution in [0.15, 0.2) is 23.7 Å². The van der Waals surface area contributed by atoms with E-state index in [0.717, 1.165) is 6.08 Å². The van der Waals surface area contributed by atoms with Crippen molar-refractivity contribution in [3.63, 3.8) is 0 Å². The molecule has 0 saturated carbocycles. The summed E-state index contributed by atoms with van der Waals surface area (Å²) in [6.07, 6.45) is 2.59. The highest BCUT2D eigenvalue weighted by Crippen LogP contribution is 2.36. The van der Waals surface area contributed by atoms with E-state index in [-0.39, 0.29) is 12.5 Å². The van der Waals surface area contributed by atoms with Gasteiger partial charge in [-0.05, 0) is 6.08 Å². The normalized spacial score (nSPS) is 29.6. The molecule has 7 heteroatoms. The third kappa shape index (κ3) is 2.49. The fraction of sp³-hybridized carbons (Fsp3) is 0.417. The second kappa shape index (κ2) is 4.83. The first-order chi connectivity index (χ1) is 8.90. The van der Waals surface area contributed by atoms with E-state index >= 15 is 0 Å². The van der Waals surface area contributed by atoms with Crippen molar-refractivity contribution in [1.82, 2.24) is 10.6 Å². The van der Waals surface area contributed by atoms with Crippen LogP contribution in [0.25, 0.3) is 0 Å². The molecular weight excluding hydrogens is 255 g/mol. The van der Waals surface area contributed by atoms with E-state index in [9.17, 15) is 18.8 Å². The van der Waals surface area contributed by atoms with Gasteiger partial charge in [-0.2, -0.15) is 0 Å². The topological polar surface area (TPSA) is 95.5 Å². The number of halogens is 1. The predicted molar refractivity (Wildman–Crippen MR) is 62.2 cm³/mol. The van der Waals surface area contributed by atoms with E-state index in [0.29, 0.717) is 5.70 Å². The Bertz CT molecular complexity index is 512. The third-order valence-corrected chi connectivity index (χ3v) is 3.24. The van der Waals surface area contributed by atoms with Crippen LogP contribution in [0.4, 0.5) is 4.39 Å². The Morgan fingerprint density at radius 2 is 2.21 bits per heavy atom. The van der Waals surface area contributed by atoms with Crippen molar-refractivity contribution in [1.29, 1.82) is 0 Å². The second-order valence-electron chi connectivity index (χ2n) is 4.58. The average Bonchev–Trinajstić information content (AvgIpc) is 2.81. The monoisotopic (exact) mass is 268 g/mol. The largest absolute Gasteiger partial charge is 0.481 e. The van der Waals surface area contributed by atoms with Gasteiger partial charge in [0.2, 0.25) is 11.8 Å². The molecule has 0 aromatic carbocycles. The zero-order chi connectivity index (χ0) is 14.2. The van der Waals surface area contributed by atoms with Crippen LogP contribution in [0, 0.1) is 17.8 Å². The van der Waals surface area contributed by atoms with Crippen LogP contribution in [0.3, 0.4) is 0 Å². The summed E-state index contributed by atoms with van der Waals surface area (Å²) in [7, 11) is 0. The first-order valence-corrected chi connectivity index (χ1v) is 5.77. The lowest BCUT2D eigenvalue weighted by molar-refractivity contribution is -0.147. The lowest BCUT2D eigenvalue weighted by Gasteiger charge is -2.18. The van der Waals surface area contributed by atoms with E-state index in [2.05, 4.69) is 10.6 Å². The van der Waals surface area contributed by atoms with E-state index < -0.39 is 35.5 Å². The SMILES string of the molecule is CC(=O)NC1=CC(C2CNC(=O)[C@H]2C(=O)O)C(F)=C1. The summed E-state index contributed by atoms with van der Waals surface area (Å²) in [5.74, 6) is -5.52. The maximum atomic E-state index is 13.8. The number of hydrogen-bond donors (Lipinski definition) is 3. The van der Waals surface area contributed by atoms with Crippen LogP contribution in [-0.4, -0.2) is 29.4 Å². The van der Waals surface area contributed by atoms with E-state index in [1.807, 2.05) is 0 Å². The van der Waals surface area contributed by atoms with Crippen LogP contribution in [0.5, 0.6) is 0 Å². The minimum absolute atomic E-state index is 0.103. The maximum Gasteiger partial charge on any atom is 0.316 e.